The molecule has 2 heterocycles. The second kappa shape index (κ2) is 2.22. The third-order valence-electron chi connectivity index (χ3n) is 5.32. The van der Waals surface area contributed by atoms with Gasteiger partial charge >= 0.3 is 0 Å². The molecule has 2 nitrogen and oxygen atoms in total. The molecule has 4 bridgehead atoms. The molecule has 80 valence electrons. The maximum Gasteiger partial charge on any atom is 0.155 e. The van der Waals surface area contributed by atoms with E-state index in [1.54, 1.807) is 0 Å². The van der Waals surface area contributed by atoms with Crippen molar-refractivity contribution < 1.29 is 9.53 Å². The van der Waals surface area contributed by atoms with Gasteiger partial charge in [0.1, 0.15) is 0 Å². The highest BCUT2D eigenvalue weighted by Gasteiger charge is 2.67. The van der Waals surface area contributed by atoms with Crippen LogP contribution in [0.5, 0.6) is 0 Å². The Morgan fingerprint density at radius 1 is 1.53 bits per heavy atom. The molecule has 4 fully saturated rings. The smallest absolute Gasteiger partial charge is 0.155 e. The molecule has 1 spiro atoms. The molecule has 15 heavy (non-hydrogen) atoms. The molecule has 0 aromatic heterocycles. The van der Waals surface area contributed by atoms with E-state index in [2.05, 4.69) is 13.0 Å². The number of ether oxygens (including phenoxy) is 1. The monoisotopic (exact) mass is 204 g/mol. The second-order valence-corrected chi connectivity index (χ2v) is 6.13. The molecule has 4 unspecified atom stereocenters. The topological polar surface area (TPSA) is 26.3 Å². The molecule has 5 aliphatic rings. The summed E-state index contributed by atoms with van der Waals surface area (Å²) < 4.78 is 6.17. The fourth-order valence-electron chi connectivity index (χ4n) is 4.72. The van der Waals surface area contributed by atoms with E-state index < -0.39 is 0 Å². The second-order valence-electron chi connectivity index (χ2n) is 6.13. The minimum atomic E-state index is 0.131. The number of ketones is 1. The van der Waals surface area contributed by atoms with Crippen LogP contribution in [0, 0.1) is 17.3 Å². The van der Waals surface area contributed by atoms with Crippen molar-refractivity contribution in [1.29, 1.82) is 0 Å². The Morgan fingerprint density at radius 2 is 2.40 bits per heavy atom. The van der Waals surface area contributed by atoms with Crippen molar-refractivity contribution in [2.75, 3.05) is 0 Å². The van der Waals surface area contributed by atoms with Gasteiger partial charge in [0.05, 0.1) is 11.7 Å². The summed E-state index contributed by atoms with van der Waals surface area (Å²) in [7, 11) is 0. The zero-order valence-electron chi connectivity index (χ0n) is 9.03. The number of rotatable bonds is 0. The van der Waals surface area contributed by atoms with Gasteiger partial charge in [-0.3, -0.25) is 4.79 Å². The van der Waals surface area contributed by atoms with E-state index in [4.69, 9.17) is 4.74 Å². The molecule has 0 N–H and O–H groups in total. The summed E-state index contributed by atoms with van der Waals surface area (Å²) in [4.78, 5) is 11.5. The molecule has 0 aromatic carbocycles. The van der Waals surface area contributed by atoms with Gasteiger partial charge in [0.2, 0.25) is 0 Å². The lowest BCUT2D eigenvalue weighted by atomic mass is 9.62. The molecule has 0 aromatic rings. The number of hydrogen-bond acceptors (Lipinski definition) is 2. The van der Waals surface area contributed by atoms with Gasteiger partial charge in [-0.1, -0.05) is 6.08 Å². The molecule has 5 atom stereocenters. The summed E-state index contributed by atoms with van der Waals surface area (Å²) in [5.74, 6) is 1.53. The van der Waals surface area contributed by atoms with E-state index >= 15 is 0 Å². The predicted octanol–water partition coefficient (Wildman–Crippen LogP) is 2.09. The number of allylic oxidation sites excluding steroid dienone is 2. The highest BCUT2D eigenvalue weighted by molar-refractivity contribution is 5.91. The van der Waals surface area contributed by atoms with Gasteiger partial charge in [-0.2, -0.15) is 0 Å². The van der Waals surface area contributed by atoms with Crippen LogP contribution in [0.15, 0.2) is 12.2 Å². The van der Waals surface area contributed by atoms with Crippen LogP contribution < -0.4 is 0 Å². The SMILES string of the molecule is CC12C[C@@]34C=CC(=O)CC3C(CC1C4)O2. The van der Waals surface area contributed by atoms with E-state index in [1.165, 1.54) is 12.8 Å². The largest absolute Gasteiger partial charge is 0.371 e. The van der Waals surface area contributed by atoms with Crippen LogP contribution in [-0.2, 0) is 9.53 Å². The van der Waals surface area contributed by atoms with Gasteiger partial charge < -0.3 is 4.74 Å². The van der Waals surface area contributed by atoms with Gasteiger partial charge in [-0.05, 0) is 43.6 Å². The molecule has 3 aliphatic carbocycles. The lowest BCUT2D eigenvalue weighted by Gasteiger charge is -2.47. The Bertz CT molecular complexity index is 386. The number of carbonyl (C=O) groups is 1. The van der Waals surface area contributed by atoms with E-state index in [1.807, 2.05) is 6.08 Å². The van der Waals surface area contributed by atoms with Crippen molar-refractivity contribution in [3.8, 4) is 0 Å². The van der Waals surface area contributed by atoms with Crippen molar-refractivity contribution >= 4 is 5.78 Å². The summed E-state index contributed by atoms with van der Waals surface area (Å²) in [5, 5.41) is 0. The Balaban J connectivity index is 1.86. The Kier molecular flexibility index (Phi) is 1.26. The molecule has 0 amide bonds. The lowest BCUT2D eigenvalue weighted by Crippen LogP contribution is -2.46. The molecule has 2 saturated heterocycles. The quantitative estimate of drug-likeness (QED) is 0.604. The van der Waals surface area contributed by atoms with Crippen LogP contribution in [0.4, 0.5) is 0 Å². The zero-order valence-corrected chi connectivity index (χ0v) is 9.03. The summed E-state index contributed by atoms with van der Waals surface area (Å²) in [6, 6.07) is 0. The molecule has 2 heteroatoms. The molecular weight excluding hydrogens is 188 g/mol. The number of hydrogen-bond donors (Lipinski definition) is 0. The molecule has 2 aliphatic heterocycles. The summed E-state index contributed by atoms with van der Waals surface area (Å²) in [6.07, 6.45) is 8.75. The highest BCUT2D eigenvalue weighted by atomic mass is 16.5. The Hall–Kier alpha value is -0.630. The van der Waals surface area contributed by atoms with Crippen LogP contribution in [-0.4, -0.2) is 17.5 Å². The van der Waals surface area contributed by atoms with Crippen LogP contribution >= 0.6 is 0 Å². The van der Waals surface area contributed by atoms with Crippen molar-refractivity contribution in [2.24, 2.45) is 17.3 Å². The van der Waals surface area contributed by atoms with Crippen molar-refractivity contribution in [3.63, 3.8) is 0 Å². The van der Waals surface area contributed by atoms with Gasteiger partial charge in [0.25, 0.3) is 0 Å². The summed E-state index contributed by atoms with van der Waals surface area (Å²) in [6.45, 7) is 2.27. The van der Waals surface area contributed by atoms with Crippen LogP contribution in [0.1, 0.15) is 32.6 Å². The van der Waals surface area contributed by atoms with Gasteiger partial charge in [-0.15, -0.1) is 0 Å². The minimum absolute atomic E-state index is 0.131. The minimum Gasteiger partial charge on any atom is -0.371 e. The van der Waals surface area contributed by atoms with E-state index in [0.29, 0.717) is 23.2 Å². The van der Waals surface area contributed by atoms with Crippen molar-refractivity contribution in [2.45, 2.75) is 44.3 Å². The van der Waals surface area contributed by atoms with Crippen molar-refractivity contribution in [3.05, 3.63) is 12.2 Å². The maximum absolute atomic E-state index is 11.5. The standard InChI is InChI=1S/C13H16O2/c1-12-7-13-3-2-9(14)5-10(13)11(15-12)4-8(12)6-13/h2-3,8,10-11H,4-7H2,1H3/t8?,10?,11?,12?,13-/m0/s1. The third-order valence-corrected chi connectivity index (χ3v) is 5.32. The third kappa shape index (κ3) is 0.840. The molecule has 5 rings (SSSR count). The van der Waals surface area contributed by atoms with E-state index in [-0.39, 0.29) is 5.60 Å². The first-order valence-corrected chi connectivity index (χ1v) is 6.01. The van der Waals surface area contributed by atoms with Gasteiger partial charge in [-0.25, -0.2) is 0 Å². The van der Waals surface area contributed by atoms with Crippen LogP contribution in [0.3, 0.4) is 0 Å². The predicted molar refractivity (Wildman–Crippen MR) is 55.3 cm³/mol. The van der Waals surface area contributed by atoms with E-state index in [0.717, 1.165) is 18.8 Å². The first-order chi connectivity index (χ1) is 7.11. The lowest BCUT2D eigenvalue weighted by molar-refractivity contribution is -0.137. The summed E-state index contributed by atoms with van der Waals surface area (Å²) >= 11 is 0. The Labute approximate surface area is 89.7 Å². The average Bonchev–Trinajstić information content (AvgIpc) is 2.54. The zero-order chi connectivity index (χ0) is 10.3. The van der Waals surface area contributed by atoms with Gasteiger partial charge in [0.15, 0.2) is 5.78 Å². The Morgan fingerprint density at radius 3 is 3.20 bits per heavy atom. The fraction of sp³-hybridized carbons (Fsp3) is 0.769. The van der Waals surface area contributed by atoms with Gasteiger partial charge in [0, 0.05) is 12.3 Å². The van der Waals surface area contributed by atoms with E-state index in [9.17, 15) is 4.79 Å². The average molecular weight is 204 g/mol. The number of carbonyl (C=O) groups excluding carboxylic acids is 1. The van der Waals surface area contributed by atoms with Crippen LogP contribution in [0.25, 0.3) is 0 Å². The molecule has 0 radical (unpaired) electrons. The molecule has 2 saturated carbocycles. The summed E-state index contributed by atoms with van der Waals surface area (Å²) in [5.41, 5.74) is 0.459. The van der Waals surface area contributed by atoms with Crippen molar-refractivity contribution in [1.82, 2.24) is 0 Å². The normalized spacial score (nSPS) is 60.1. The molecular formula is C13H16O2. The maximum atomic E-state index is 11.5. The fourth-order valence-corrected chi connectivity index (χ4v) is 4.72. The first-order valence-electron chi connectivity index (χ1n) is 6.01. The highest BCUT2D eigenvalue weighted by Crippen LogP contribution is 2.68. The van der Waals surface area contributed by atoms with Crippen LogP contribution in [0.2, 0.25) is 0 Å². The first kappa shape index (κ1) is 8.51.